The van der Waals surface area contributed by atoms with Crippen LogP contribution >= 0.6 is 0 Å². The number of likely N-dealkylation sites (tertiary alicyclic amines) is 1. The van der Waals surface area contributed by atoms with E-state index in [2.05, 4.69) is 4.40 Å². The van der Waals surface area contributed by atoms with E-state index < -0.39 is 10.0 Å². The molecule has 3 rings (SSSR count). The predicted octanol–water partition coefficient (Wildman–Crippen LogP) is 2.74. The maximum atomic E-state index is 12.7. The minimum atomic E-state index is -3.74. The third kappa shape index (κ3) is 3.53. The van der Waals surface area contributed by atoms with Crippen LogP contribution < -0.4 is 0 Å². The summed E-state index contributed by atoms with van der Waals surface area (Å²) >= 11 is 0. The third-order valence-corrected chi connectivity index (χ3v) is 6.27. The summed E-state index contributed by atoms with van der Waals surface area (Å²) in [7, 11) is -3.74. The predicted molar refractivity (Wildman–Crippen MR) is 101 cm³/mol. The number of sulfonamides is 1. The molecule has 140 valence electrons. The minimum Gasteiger partial charge on any atom is -0.466 e. The van der Waals surface area contributed by atoms with Crippen LogP contribution in [-0.4, -0.2) is 44.8 Å². The zero-order valence-electron chi connectivity index (χ0n) is 15.4. The Balaban J connectivity index is 1.90. The number of carbonyl (C=O) groups excluding carboxylic acids is 1. The monoisotopic (exact) mass is 376 g/mol. The van der Waals surface area contributed by atoms with Crippen LogP contribution in [0.2, 0.25) is 0 Å². The molecule has 0 amide bonds. The number of esters is 1. The first-order valence-corrected chi connectivity index (χ1v) is 10.3. The highest BCUT2D eigenvalue weighted by Crippen LogP contribution is 2.34. The van der Waals surface area contributed by atoms with Crippen LogP contribution in [0, 0.1) is 12.8 Å². The van der Waals surface area contributed by atoms with Gasteiger partial charge in [-0.1, -0.05) is 29.8 Å². The Bertz CT molecular complexity index is 869. The molecule has 0 aromatic heterocycles. The molecule has 2 aliphatic heterocycles. The Morgan fingerprint density at radius 3 is 2.62 bits per heavy atom. The highest BCUT2D eigenvalue weighted by atomic mass is 32.2. The summed E-state index contributed by atoms with van der Waals surface area (Å²) in [5.41, 5.74) is 2.35. The lowest BCUT2D eigenvalue weighted by molar-refractivity contribution is -0.149. The van der Waals surface area contributed by atoms with Gasteiger partial charge in [-0.15, -0.1) is 4.40 Å². The molecule has 1 unspecified atom stereocenters. The van der Waals surface area contributed by atoms with E-state index in [1.54, 1.807) is 13.8 Å². The Hall–Kier alpha value is -2.15. The van der Waals surface area contributed by atoms with Crippen LogP contribution in [0.1, 0.15) is 37.8 Å². The minimum absolute atomic E-state index is 0.223. The first-order chi connectivity index (χ1) is 12.3. The smallest absolute Gasteiger partial charge is 0.310 e. The highest BCUT2D eigenvalue weighted by Gasteiger charge is 2.36. The quantitative estimate of drug-likeness (QED) is 0.758. The number of hydrogen-bond donors (Lipinski definition) is 0. The highest BCUT2D eigenvalue weighted by molar-refractivity contribution is 8.00. The molecule has 1 atom stereocenters. The van der Waals surface area contributed by atoms with Gasteiger partial charge in [-0.25, -0.2) is 0 Å². The summed E-state index contributed by atoms with van der Waals surface area (Å²) in [5, 5.41) is 0. The van der Waals surface area contributed by atoms with Gasteiger partial charge in [0.25, 0.3) is 10.0 Å². The fourth-order valence-electron chi connectivity index (χ4n) is 3.51. The van der Waals surface area contributed by atoms with Crippen LogP contribution in [0.25, 0.3) is 4.91 Å². The lowest BCUT2D eigenvalue weighted by atomic mass is 9.97. The number of ether oxygens (including phenoxy) is 1. The fraction of sp³-hybridized carbons (Fsp3) is 0.474. The van der Waals surface area contributed by atoms with Gasteiger partial charge in [0, 0.05) is 18.7 Å². The van der Waals surface area contributed by atoms with E-state index in [9.17, 15) is 13.2 Å². The summed E-state index contributed by atoms with van der Waals surface area (Å²) in [6.45, 7) is 6.99. The number of amidine groups is 1. The van der Waals surface area contributed by atoms with E-state index in [0.717, 1.165) is 18.4 Å². The van der Waals surface area contributed by atoms with Crippen LogP contribution in [0.15, 0.2) is 34.2 Å². The zero-order valence-corrected chi connectivity index (χ0v) is 16.2. The number of carbonyl (C=O) groups is 1. The molecule has 26 heavy (non-hydrogen) atoms. The van der Waals surface area contributed by atoms with Crippen molar-refractivity contribution in [3.8, 4) is 0 Å². The van der Waals surface area contributed by atoms with E-state index in [0.29, 0.717) is 36.7 Å². The molecule has 1 saturated heterocycles. The molecular formula is C19H24N2O4S. The van der Waals surface area contributed by atoms with Gasteiger partial charge < -0.3 is 9.64 Å². The van der Waals surface area contributed by atoms with Crippen LogP contribution in [-0.2, 0) is 19.6 Å². The summed E-state index contributed by atoms with van der Waals surface area (Å²) < 4.78 is 34.5. The average molecular weight is 376 g/mol. The van der Waals surface area contributed by atoms with Crippen molar-refractivity contribution in [2.75, 3.05) is 19.7 Å². The molecule has 1 aromatic carbocycles. The van der Waals surface area contributed by atoms with E-state index in [1.165, 1.54) is 0 Å². The molecule has 7 heteroatoms. The summed E-state index contributed by atoms with van der Waals surface area (Å²) in [5.74, 6) is -0.0149. The van der Waals surface area contributed by atoms with Gasteiger partial charge in [0.15, 0.2) is 0 Å². The SMILES string of the molecule is CCOC(=O)C1CCCN(C2=NS(=O)(=O)C(c3ccc(C)cc3)=C2C)C1. The van der Waals surface area contributed by atoms with Crippen LogP contribution in [0.5, 0.6) is 0 Å². The molecule has 1 fully saturated rings. The topological polar surface area (TPSA) is 76.0 Å². The number of hydrogen-bond acceptors (Lipinski definition) is 5. The van der Waals surface area contributed by atoms with Crippen molar-refractivity contribution in [3.05, 3.63) is 41.0 Å². The van der Waals surface area contributed by atoms with Gasteiger partial charge >= 0.3 is 5.97 Å². The van der Waals surface area contributed by atoms with Gasteiger partial charge in [0.1, 0.15) is 10.7 Å². The molecule has 0 spiro atoms. The molecular weight excluding hydrogens is 352 g/mol. The molecule has 2 aliphatic rings. The van der Waals surface area contributed by atoms with Crippen molar-refractivity contribution in [2.24, 2.45) is 10.3 Å². The summed E-state index contributed by atoms with van der Waals surface area (Å²) in [4.78, 5) is 14.2. The molecule has 0 aliphatic carbocycles. The van der Waals surface area contributed by atoms with E-state index in [1.807, 2.05) is 36.1 Å². The van der Waals surface area contributed by atoms with Gasteiger partial charge in [-0.05, 0) is 39.2 Å². The normalized spacial score (nSPS) is 22.3. The Morgan fingerprint density at radius 2 is 1.96 bits per heavy atom. The zero-order chi connectivity index (χ0) is 18.9. The Morgan fingerprint density at radius 1 is 1.27 bits per heavy atom. The maximum absolute atomic E-state index is 12.7. The molecule has 0 bridgehead atoms. The first kappa shape index (κ1) is 18.6. The molecule has 6 nitrogen and oxygen atoms in total. The van der Waals surface area contributed by atoms with E-state index in [4.69, 9.17) is 4.74 Å². The lowest BCUT2D eigenvalue weighted by Crippen LogP contribution is -2.42. The number of rotatable bonds is 3. The van der Waals surface area contributed by atoms with Crippen LogP contribution in [0.4, 0.5) is 0 Å². The molecule has 0 radical (unpaired) electrons. The van der Waals surface area contributed by atoms with Crippen molar-refractivity contribution in [1.82, 2.24) is 4.90 Å². The van der Waals surface area contributed by atoms with Gasteiger partial charge in [0.2, 0.25) is 0 Å². The Labute approximate surface area is 154 Å². The maximum Gasteiger partial charge on any atom is 0.310 e. The van der Waals surface area contributed by atoms with Gasteiger partial charge in [0.05, 0.1) is 12.5 Å². The fourth-order valence-corrected chi connectivity index (χ4v) is 4.99. The largest absolute Gasteiger partial charge is 0.466 e. The number of piperidine rings is 1. The lowest BCUT2D eigenvalue weighted by Gasteiger charge is -2.33. The average Bonchev–Trinajstić information content (AvgIpc) is 2.85. The second-order valence-electron chi connectivity index (χ2n) is 6.75. The number of aryl methyl sites for hydroxylation is 1. The van der Waals surface area contributed by atoms with Crippen LogP contribution in [0.3, 0.4) is 0 Å². The van der Waals surface area contributed by atoms with E-state index in [-0.39, 0.29) is 16.8 Å². The molecule has 0 N–H and O–H groups in total. The van der Waals surface area contributed by atoms with Gasteiger partial charge in [-0.2, -0.15) is 8.42 Å². The second kappa shape index (κ2) is 7.23. The summed E-state index contributed by atoms with van der Waals surface area (Å²) in [6.07, 6.45) is 1.55. The van der Waals surface area contributed by atoms with Crippen molar-refractivity contribution in [3.63, 3.8) is 0 Å². The van der Waals surface area contributed by atoms with Crippen molar-refractivity contribution < 1.29 is 17.9 Å². The number of nitrogens with zero attached hydrogens (tertiary/aromatic N) is 2. The standard InChI is InChI=1S/C19H24N2O4S/c1-4-25-19(22)16-6-5-11-21(12-16)18-14(3)17(26(23,24)20-18)15-9-7-13(2)8-10-15/h7-10,16H,4-6,11-12H2,1-3H3. The summed E-state index contributed by atoms with van der Waals surface area (Å²) in [6, 6.07) is 7.39. The second-order valence-corrected chi connectivity index (χ2v) is 8.29. The first-order valence-electron chi connectivity index (χ1n) is 8.88. The van der Waals surface area contributed by atoms with Crippen molar-refractivity contribution in [2.45, 2.75) is 33.6 Å². The van der Waals surface area contributed by atoms with E-state index >= 15 is 0 Å². The molecule has 2 heterocycles. The number of benzene rings is 1. The third-order valence-electron chi connectivity index (χ3n) is 4.80. The molecule has 0 saturated carbocycles. The van der Waals surface area contributed by atoms with Crippen molar-refractivity contribution in [1.29, 1.82) is 0 Å². The van der Waals surface area contributed by atoms with Gasteiger partial charge in [-0.3, -0.25) is 4.79 Å². The Kier molecular flexibility index (Phi) is 5.18. The van der Waals surface area contributed by atoms with Crippen molar-refractivity contribution >= 4 is 26.7 Å². The molecule has 1 aromatic rings.